The maximum Gasteiger partial charge on any atom is 0.305 e. The molecule has 1 unspecified atom stereocenters. The van der Waals surface area contributed by atoms with Gasteiger partial charge in [0.2, 0.25) is 5.91 Å². The van der Waals surface area contributed by atoms with E-state index in [9.17, 15) is 9.59 Å². The van der Waals surface area contributed by atoms with Crippen molar-refractivity contribution in [3.63, 3.8) is 0 Å². The highest BCUT2D eigenvalue weighted by atomic mass is 32.2. The Hall–Kier alpha value is -0.710. The predicted molar refractivity (Wildman–Crippen MR) is 55.3 cm³/mol. The SMILES string of the molecule is CSCC(=O)NC(CC(=O)O)C1CC1. The molecule has 14 heavy (non-hydrogen) atoms. The quantitative estimate of drug-likeness (QED) is 0.688. The van der Waals surface area contributed by atoms with Crippen LogP contribution in [0.1, 0.15) is 19.3 Å². The van der Waals surface area contributed by atoms with Gasteiger partial charge in [0.25, 0.3) is 0 Å². The molecule has 1 rings (SSSR count). The maximum atomic E-state index is 11.2. The molecule has 0 saturated heterocycles. The maximum absolute atomic E-state index is 11.2. The van der Waals surface area contributed by atoms with Crippen molar-refractivity contribution in [2.24, 2.45) is 5.92 Å². The summed E-state index contributed by atoms with van der Waals surface area (Å²) in [5.74, 6) is -0.109. The molecule has 1 aliphatic rings. The van der Waals surface area contributed by atoms with Crippen LogP contribution in [0.4, 0.5) is 0 Å². The van der Waals surface area contributed by atoms with Crippen molar-refractivity contribution in [2.45, 2.75) is 25.3 Å². The van der Waals surface area contributed by atoms with E-state index < -0.39 is 5.97 Å². The van der Waals surface area contributed by atoms with Gasteiger partial charge in [-0.25, -0.2) is 0 Å². The summed E-state index contributed by atoms with van der Waals surface area (Å²) in [4.78, 5) is 21.8. The van der Waals surface area contributed by atoms with Crippen LogP contribution in [0.3, 0.4) is 0 Å². The number of thioether (sulfide) groups is 1. The van der Waals surface area contributed by atoms with E-state index in [0.29, 0.717) is 11.7 Å². The van der Waals surface area contributed by atoms with Crippen LogP contribution in [-0.4, -0.2) is 35.0 Å². The lowest BCUT2D eigenvalue weighted by Gasteiger charge is -2.15. The van der Waals surface area contributed by atoms with Crippen molar-refractivity contribution in [2.75, 3.05) is 12.0 Å². The summed E-state index contributed by atoms with van der Waals surface area (Å²) in [5.41, 5.74) is 0. The first-order valence-electron chi connectivity index (χ1n) is 4.63. The first kappa shape index (κ1) is 11.4. The largest absolute Gasteiger partial charge is 0.481 e. The predicted octanol–water partition coefficient (Wildman–Crippen LogP) is 0.719. The second kappa shape index (κ2) is 5.24. The minimum Gasteiger partial charge on any atom is -0.481 e. The van der Waals surface area contributed by atoms with Crippen molar-refractivity contribution >= 4 is 23.6 Å². The third-order valence-corrected chi connectivity index (χ3v) is 2.76. The number of aliphatic carboxylic acids is 1. The highest BCUT2D eigenvalue weighted by molar-refractivity contribution is 7.99. The zero-order valence-corrected chi connectivity index (χ0v) is 8.97. The fourth-order valence-corrected chi connectivity index (χ4v) is 1.75. The fraction of sp³-hybridized carbons (Fsp3) is 0.778. The molecule has 2 N–H and O–H groups in total. The smallest absolute Gasteiger partial charge is 0.305 e. The third kappa shape index (κ3) is 4.00. The van der Waals surface area contributed by atoms with Gasteiger partial charge < -0.3 is 10.4 Å². The number of carboxylic acids is 1. The Bertz CT molecular complexity index is 228. The number of hydrogen-bond donors (Lipinski definition) is 2. The third-order valence-electron chi connectivity index (χ3n) is 2.21. The molecule has 0 aromatic rings. The van der Waals surface area contributed by atoms with E-state index in [2.05, 4.69) is 5.32 Å². The van der Waals surface area contributed by atoms with Gasteiger partial charge in [-0.05, 0) is 25.0 Å². The highest BCUT2D eigenvalue weighted by Crippen LogP contribution is 2.34. The number of amides is 1. The molecule has 0 heterocycles. The van der Waals surface area contributed by atoms with Gasteiger partial charge in [-0.1, -0.05) is 0 Å². The van der Waals surface area contributed by atoms with Crippen LogP contribution in [0.5, 0.6) is 0 Å². The summed E-state index contributed by atoms with van der Waals surface area (Å²) in [6, 6.07) is -0.160. The molecular weight excluding hydrogens is 202 g/mol. The molecule has 0 bridgehead atoms. The minimum absolute atomic E-state index is 0.0464. The van der Waals surface area contributed by atoms with Crippen LogP contribution in [0, 0.1) is 5.92 Å². The molecule has 0 spiro atoms. The number of hydrogen-bond acceptors (Lipinski definition) is 3. The van der Waals surface area contributed by atoms with Gasteiger partial charge in [-0.2, -0.15) is 11.8 Å². The lowest BCUT2D eigenvalue weighted by Crippen LogP contribution is -2.39. The van der Waals surface area contributed by atoms with Gasteiger partial charge >= 0.3 is 5.97 Å². The zero-order valence-electron chi connectivity index (χ0n) is 8.16. The average molecular weight is 217 g/mol. The molecule has 1 atom stereocenters. The molecule has 0 aromatic carbocycles. The van der Waals surface area contributed by atoms with Gasteiger partial charge in [-0.3, -0.25) is 9.59 Å². The van der Waals surface area contributed by atoms with Gasteiger partial charge in [-0.15, -0.1) is 0 Å². The minimum atomic E-state index is -0.841. The molecule has 1 fully saturated rings. The Balaban J connectivity index is 2.34. The fourth-order valence-electron chi connectivity index (χ4n) is 1.40. The standard InChI is InChI=1S/C9H15NO3S/c1-14-5-8(11)10-7(4-9(12)13)6-2-3-6/h6-7H,2-5H2,1H3,(H,10,11)(H,12,13). The zero-order chi connectivity index (χ0) is 10.6. The van der Waals surface area contributed by atoms with E-state index in [1.807, 2.05) is 6.26 Å². The lowest BCUT2D eigenvalue weighted by molar-refractivity contribution is -0.137. The molecule has 1 saturated carbocycles. The number of carbonyl (C=O) groups is 2. The van der Waals surface area contributed by atoms with Crippen LogP contribution in [0.25, 0.3) is 0 Å². The average Bonchev–Trinajstić information content (AvgIpc) is 2.84. The van der Waals surface area contributed by atoms with Gasteiger partial charge in [0.15, 0.2) is 0 Å². The van der Waals surface area contributed by atoms with Crippen molar-refractivity contribution < 1.29 is 14.7 Å². The van der Waals surface area contributed by atoms with Crippen molar-refractivity contribution in [3.8, 4) is 0 Å². The Morgan fingerprint density at radius 2 is 2.21 bits per heavy atom. The highest BCUT2D eigenvalue weighted by Gasteiger charge is 2.33. The normalized spacial score (nSPS) is 17.5. The molecule has 0 aliphatic heterocycles. The van der Waals surface area contributed by atoms with Crippen LogP contribution < -0.4 is 5.32 Å². The molecule has 80 valence electrons. The van der Waals surface area contributed by atoms with Crippen LogP contribution in [0.2, 0.25) is 0 Å². The number of rotatable bonds is 6. The number of carboxylic acid groups (broad SMARTS) is 1. The van der Waals surface area contributed by atoms with Crippen molar-refractivity contribution in [3.05, 3.63) is 0 Å². The Morgan fingerprint density at radius 3 is 2.64 bits per heavy atom. The number of carbonyl (C=O) groups excluding carboxylic acids is 1. The van der Waals surface area contributed by atoms with E-state index >= 15 is 0 Å². The Labute approximate surface area is 87.4 Å². The molecule has 0 radical (unpaired) electrons. The Kier molecular flexibility index (Phi) is 4.25. The van der Waals surface area contributed by atoms with Gasteiger partial charge in [0.05, 0.1) is 12.2 Å². The van der Waals surface area contributed by atoms with Gasteiger partial charge in [0.1, 0.15) is 0 Å². The van der Waals surface area contributed by atoms with Crippen molar-refractivity contribution in [1.82, 2.24) is 5.32 Å². The molecule has 1 aliphatic carbocycles. The van der Waals surface area contributed by atoms with Crippen LogP contribution >= 0.6 is 11.8 Å². The molecule has 0 aromatic heterocycles. The lowest BCUT2D eigenvalue weighted by atomic mass is 10.1. The summed E-state index contributed by atoms with van der Waals surface area (Å²) < 4.78 is 0. The second-order valence-corrected chi connectivity index (χ2v) is 4.41. The molecule has 5 heteroatoms. The second-order valence-electron chi connectivity index (χ2n) is 3.54. The first-order chi connectivity index (χ1) is 6.63. The molecule has 1 amide bonds. The monoisotopic (exact) mass is 217 g/mol. The van der Waals surface area contributed by atoms with E-state index in [1.165, 1.54) is 11.8 Å². The topological polar surface area (TPSA) is 66.4 Å². The molecule has 4 nitrogen and oxygen atoms in total. The summed E-state index contributed by atoms with van der Waals surface area (Å²) in [6.07, 6.45) is 3.97. The van der Waals surface area contributed by atoms with Gasteiger partial charge in [0, 0.05) is 6.04 Å². The summed E-state index contributed by atoms with van der Waals surface area (Å²) in [6.45, 7) is 0. The first-order valence-corrected chi connectivity index (χ1v) is 6.03. The summed E-state index contributed by atoms with van der Waals surface area (Å²) in [5, 5.41) is 11.4. The summed E-state index contributed by atoms with van der Waals surface area (Å²) >= 11 is 1.44. The van der Waals surface area contributed by atoms with Crippen LogP contribution in [0.15, 0.2) is 0 Å². The van der Waals surface area contributed by atoms with E-state index in [4.69, 9.17) is 5.11 Å². The summed E-state index contributed by atoms with van der Waals surface area (Å²) in [7, 11) is 0. The van der Waals surface area contributed by atoms with Crippen LogP contribution in [-0.2, 0) is 9.59 Å². The number of nitrogens with one attached hydrogen (secondary N) is 1. The van der Waals surface area contributed by atoms with Crippen molar-refractivity contribution in [1.29, 1.82) is 0 Å². The molecular formula is C9H15NO3S. The van der Waals surface area contributed by atoms with E-state index in [0.717, 1.165) is 12.8 Å². The Morgan fingerprint density at radius 1 is 1.57 bits per heavy atom. The van der Waals surface area contributed by atoms with E-state index in [1.54, 1.807) is 0 Å². The van der Waals surface area contributed by atoms with E-state index in [-0.39, 0.29) is 18.4 Å².